The quantitative estimate of drug-likeness (QED) is 0.666. The van der Waals surface area contributed by atoms with Crippen LogP contribution in [0.2, 0.25) is 0 Å². The van der Waals surface area contributed by atoms with Crippen molar-refractivity contribution in [3.8, 4) is 0 Å². The molecule has 1 heteroatoms. The fraction of sp³-hybridized carbons (Fsp3) is 0.417. The Morgan fingerprint density at radius 2 is 1.85 bits per heavy atom. The van der Waals surface area contributed by atoms with Gasteiger partial charge in [-0.3, -0.25) is 0 Å². The summed E-state index contributed by atoms with van der Waals surface area (Å²) >= 11 is 0. The summed E-state index contributed by atoms with van der Waals surface area (Å²) in [5, 5.41) is 0. The molecular formula is C12H18N. The van der Waals surface area contributed by atoms with E-state index in [0.29, 0.717) is 0 Å². The fourth-order valence-electron chi connectivity index (χ4n) is 1.47. The predicted molar refractivity (Wildman–Crippen MR) is 58.9 cm³/mol. The van der Waals surface area contributed by atoms with Crippen molar-refractivity contribution < 1.29 is 0 Å². The topological polar surface area (TPSA) is 3.24 Å². The third-order valence-electron chi connectivity index (χ3n) is 2.04. The summed E-state index contributed by atoms with van der Waals surface area (Å²) in [6.45, 7) is 8.28. The predicted octanol–water partition coefficient (Wildman–Crippen LogP) is 3.13. The van der Waals surface area contributed by atoms with Crippen molar-refractivity contribution in [2.45, 2.75) is 19.8 Å². The van der Waals surface area contributed by atoms with Gasteiger partial charge in [0.25, 0.3) is 0 Å². The first-order valence-corrected chi connectivity index (χ1v) is 4.97. The van der Waals surface area contributed by atoms with Gasteiger partial charge in [0.05, 0.1) is 0 Å². The molecule has 0 saturated heterocycles. The first-order chi connectivity index (χ1) is 6.38. The van der Waals surface area contributed by atoms with Crippen molar-refractivity contribution in [3.05, 3.63) is 37.3 Å². The van der Waals surface area contributed by atoms with Gasteiger partial charge in [-0.05, 0) is 25.0 Å². The maximum Gasteiger partial charge on any atom is 0.0366 e. The molecule has 13 heavy (non-hydrogen) atoms. The van der Waals surface area contributed by atoms with Crippen molar-refractivity contribution in [3.63, 3.8) is 0 Å². The second-order valence-corrected chi connectivity index (χ2v) is 3.18. The Morgan fingerprint density at radius 1 is 1.15 bits per heavy atom. The van der Waals surface area contributed by atoms with Gasteiger partial charge in [-0.1, -0.05) is 32.0 Å². The Kier molecular flexibility index (Phi) is 4.37. The molecule has 1 rings (SSSR count). The number of para-hydroxylation sites is 1. The molecule has 0 aliphatic rings. The second-order valence-electron chi connectivity index (χ2n) is 3.18. The SMILES string of the molecule is [CH2]CCN(CCC)c1ccccc1. The molecule has 0 aliphatic heterocycles. The lowest BCUT2D eigenvalue weighted by Gasteiger charge is -2.23. The summed E-state index contributed by atoms with van der Waals surface area (Å²) < 4.78 is 0. The summed E-state index contributed by atoms with van der Waals surface area (Å²) in [5.74, 6) is 0. The molecule has 71 valence electrons. The van der Waals surface area contributed by atoms with Gasteiger partial charge >= 0.3 is 0 Å². The summed E-state index contributed by atoms with van der Waals surface area (Å²) in [6.07, 6.45) is 2.16. The van der Waals surface area contributed by atoms with Crippen LogP contribution in [0.25, 0.3) is 0 Å². The van der Waals surface area contributed by atoms with Gasteiger partial charge in [0, 0.05) is 18.8 Å². The molecule has 1 radical (unpaired) electrons. The van der Waals surface area contributed by atoms with E-state index in [0.717, 1.165) is 19.5 Å². The van der Waals surface area contributed by atoms with Gasteiger partial charge in [0.15, 0.2) is 0 Å². The fourth-order valence-corrected chi connectivity index (χ4v) is 1.47. The Bertz CT molecular complexity index is 212. The highest BCUT2D eigenvalue weighted by molar-refractivity contribution is 5.45. The van der Waals surface area contributed by atoms with Gasteiger partial charge < -0.3 is 4.90 Å². The maximum atomic E-state index is 3.89. The monoisotopic (exact) mass is 176 g/mol. The van der Waals surface area contributed by atoms with Crippen LogP contribution in [-0.4, -0.2) is 13.1 Å². The van der Waals surface area contributed by atoms with E-state index in [9.17, 15) is 0 Å². The molecule has 0 heterocycles. The Hall–Kier alpha value is -0.980. The molecule has 0 fully saturated rings. The third-order valence-corrected chi connectivity index (χ3v) is 2.04. The van der Waals surface area contributed by atoms with Crippen molar-refractivity contribution in [2.24, 2.45) is 0 Å². The molecule has 0 saturated carbocycles. The third kappa shape index (κ3) is 3.10. The zero-order valence-corrected chi connectivity index (χ0v) is 8.37. The summed E-state index contributed by atoms with van der Waals surface area (Å²) in [7, 11) is 0. The number of hydrogen-bond donors (Lipinski definition) is 0. The van der Waals surface area contributed by atoms with E-state index >= 15 is 0 Å². The van der Waals surface area contributed by atoms with E-state index in [4.69, 9.17) is 0 Å². The van der Waals surface area contributed by atoms with Gasteiger partial charge in [0.1, 0.15) is 0 Å². The second kappa shape index (κ2) is 5.63. The van der Waals surface area contributed by atoms with E-state index in [1.807, 2.05) is 0 Å². The minimum atomic E-state index is 0.967. The number of benzene rings is 1. The van der Waals surface area contributed by atoms with Crippen LogP contribution in [0.5, 0.6) is 0 Å². The molecule has 1 aromatic rings. The smallest absolute Gasteiger partial charge is 0.0366 e. The normalized spacial score (nSPS) is 10.0. The standard InChI is InChI=1S/C12H18N/c1-3-10-13(11-4-2)12-8-6-5-7-9-12/h5-9H,1,3-4,10-11H2,2H3. The van der Waals surface area contributed by atoms with Crippen LogP contribution in [0, 0.1) is 6.92 Å². The van der Waals surface area contributed by atoms with Crippen molar-refractivity contribution >= 4 is 5.69 Å². The summed E-state index contributed by atoms with van der Waals surface area (Å²) in [4.78, 5) is 2.38. The molecule has 0 aliphatic carbocycles. The Labute approximate surface area is 81.4 Å². The van der Waals surface area contributed by atoms with Crippen LogP contribution >= 0.6 is 0 Å². The average molecular weight is 176 g/mol. The van der Waals surface area contributed by atoms with Crippen LogP contribution in [0.4, 0.5) is 5.69 Å². The lowest BCUT2D eigenvalue weighted by molar-refractivity contribution is 0.764. The lowest BCUT2D eigenvalue weighted by atomic mass is 10.2. The minimum Gasteiger partial charge on any atom is -0.372 e. The first-order valence-electron chi connectivity index (χ1n) is 4.97. The van der Waals surface area contributed by atoms with Crippen LogP contribution in [0.3, 0.4) is 0 Å². The molecule has 0 amide bonds. The minimum absolute atomic E-state index is 0.967. The van der Waals surface area contributed by atoms with Crippen molar-refractivity contribution in [1.82, 2.24) is 0 Å². The summed E-state index contributed by atoms with van der Waals surface area (Å²) in [6, 6.07) is 10.5. The van der Waals surface area contributed by atoms with Gasteiger partial charge in [-0.15, -0.1) is 0 Å². The van der Waals surface area contributed by atoms with Gasteiger partial charge in [0.2, 0.25) is 0 Å². The zero-order valence-electron chi connectivity index (χ0n) is 8.37. The van der Waals surface area contributed by atoms with Crippen molar-refractivity contribution in [1.29, 1.82) is 0 Å². The van der Waals surface area contributed by atoms with Crippen molar-refractivity contribution in [2.75, 3.05) is 18.0 Å². The van der Waals surface area contributed by atoms with Gasteiger partial charge in [-0.2, -0.15) is 0 Å². The number of hydrogen-bond acceptors (Lipinski definition) is 1. The molecule has 1 aromatic carbocycles. The molecule has 0 bridgehead atoms. The Balaban J connectivity index is 2.64. The van der Waals surface area contributed by atoms with Crippen LogP contribution in [0.15, 0.2) is 30.3 Å². The van der Waals surface area contributed by atoms with E-state index < -0.39 is 0 Å². The molecule has 1 nitrogen and oxygen atoms in total. The Morgan fingerprint density at radius 3 is 2.38 bits per heavy atom. The highest BCUT2D eigenvalue weighted by Gasteiger charge is 2.01. The van der Waals surface area contributed by atoms with Crippen LogP contribution in [0.1, 0.15) is 19.8 Å². The number of anilines is 1. The molecule has 0 aromatic heterocycles. The molecule has 0 unspecified atom stereocenters. The molecular weight excluding hydrogens is 158 g/mol. The van der Waals surface area contributed by atoms with E-state index in [-0.39, 0.29) is 0 Å². The average Bonchev–Trinajstić information content (AvgIpc) is 2.19. The highest BCUT2D eigenvalue weighted by atomic mass is 15.1. The van der Waals surface area contributed by atoms with Crippen LogP contribution < -0.4 is 4.90 Å². The lowest BCUT2D eigenvalue weighted by Crippen LogP contribution is -2.24. The highest BCUT2D eigenvalue weighted by Crippen LogP contribution is 2.13. The van der Waals surface area contributed by atoms with E-state index in [1.165, 1.54) is 12.1 Å². The number of nitrogens with zero attached hydrogens (tertiary/aromatic N) is 1. The largest absolute Gasteiger partial charge is 0.372 e. The summed E-state index contributed by atoms with van der Waals surface area (Å²) in [5.41, 5.74) is 1.31. The van der Waals surface area contributed by atoms with E-state index in [1.54, 1.807) is 0 Å². The van der Waals surface area contributed by atoms with Crippen LogP contribution in [-0.2, 0) is 0 Å². The maximum absolute atomic E-state index is 3.89. The molecule has 0 N–H and O–H groups in total. The first kappa shape index (κ1) is 10.1. The number of rotatable bonds is 5. The molecule has 0 spiro atoms. The van der Waals surface area contributed by atoms with Gasteiger partial charge in [-0.25, -0.2) is 0 Å². The zero-order chi connectivity index (χ0) is 9.52. The van der Waals surface area contributed by atoms with E-state index in [2.05, 4.69) is 49.1 Å². The molecule has 0 atom stereocenters.